The normalized spacial score (nSPS) is 12.6. The summed E-state index contributed by atoms with van der Waals surface area (Å²) in [6, 6.07) is 23.2. The largest absolute Gasteiger partial charge is 0.459 e. The van der Waals surface area contributed by atoms with Crippen LogP contribution in [0, 0.1) is 0 Å². The number of hydrogen-bond donors (Lipinski definition) is 0. The summed E-state index contributed by atoms with van der Waals surface area (Å²) in [4.78, 5) is 41.2. The molecule has 6 rings (SSSR count). The Balaban J connectivity index is 1.41. The predicted octanol–water partition coefficient (Wildman–Crippen LogP) is 14.3. The van der Waals surface area contributed by atoms with Gasteiger partial charge in [0.15, 0.2) is 0 Å². The molecule has 0 fully saturated rings. The fourth-order valence-electron chi connectivity index (χ4n) is 6.07. The minimum absolute atomic E-state index is 0.148. The number of aromatic nitrogens is 2. The highest BCUT2D eigenvalue weighted by molar-refractivity contribution is 9.11. The Hall–Kier alpha value is -3.22. The van der Waals surface area contributed by atoms with Gasteiger partial charge in [-0.25, -0.2) is 19.6 Å². The van der Waals surface area contributed by atoms with Gasteiger partial charge >= 0.3 is 11.9 Å². The lowest BCUT2D eigenvalue weighted by Gasteiger charge is -2.14. The first-order valence-electron chi connectivity index (χ1n) is 18.1. The number of nitrogens with zero attached hydrogens (tertiary/aromatic N) is 2. The molecule has 2 aromatic carbocycles. The molecule has 0 saturated carbocycles. The SMILES string of the molecule is CCCCCC(C)OC(=O)c1ccc(-c2nc3c(-c4ccc(Br)s4)sc(-c4ccc(Br)s4)c3nc2-c2ccc(C(=O)OC(C)CCCCC)cc2)cc1. The van der Waals surface area contributed by atoms with Crippen LogP contribution in [0.25, 0.3) is 53.1 Å². The number of esters is 2. The van der Waals surface area contributed by atoms with Gasteiger partial charge in [0.05, 0.1) is 52.0 Å². The number of unbranched alkanes of at least 4 members (excludes halogenated alkanes) is 4. The standard InChI is InChI=1S/C42H42Br2N2O4S3/c1-5-7-9-11-25(3)49-41(47)29-17-13-27(14-18-29)35-36(28-15-19-30(20-16-28)42(48)50-26(4)12-10-8-6-2)46-38-37(45-35)39(31-21-23-33(43)51-31)53-40(38)32-22-24-34(44)52-32/h13-26H,5-12H2,1-4H3. The number of fused-ring (bicyclic) bond motifs is 1. The van der Waals surface area contributed by atoms with E-state index >= 15 is 0 Å². The summed E-state index contributed by atoms with van der Waals surface area (Å²) < 4.78 is 13.6. The Morgan fingerprint density at radius 3 is 1.32 bits per heavy atom. The van der Waals surface area contributed by atoms with E-state index in [4.69, 9.17) is 19.4 Å². The second kappa shape index (κ2) is 18.4. The lowest BCUT2D eigenvalue weighted by atomic mass is 10.0. The van der Waals surface area contributed by atoms with Crippen LogP contribution in [0.5, 0.6) is 0 Å². The summed E-state index contributed by atoms with van der Waals surface area (Å²) >= 11 is 12.3. The number of rotatable bonds is 16. The highest BCUT2D eigenvalue weighted by Crippen LogP contribution is 2.48. The van der Waals surface area contributed by atoms with Crippen LogP contribution in [0.4, 0.5) is 0 Å². The first-order valence-corrected chi connectivity index (χ1v) is 22.2. The fourth-order valence-corrected chi connectivity index (χ4v) is 10.2. The van der Waals surface area contributed by atoms with Crippen LogP contribution in [-0.4, -0.2) is 34.1 Å². The maximum absolute atomic E-state index is 13.1. The highest BCUT2D eigenvalue weighted by atomic mass is 79.9. The molecule has 0 radical (unpaired) electrons. The minimum Gasteiger partial charge on any atom is -0.459 e. The summed E-state index contributed by atoms with van der Waals surface area (Å²) in [5.41, 5.74) is 5.59. The molecule has 276 valence electrons. The Bertz CT molecular complexity index is 2020. The van der Waals surface area contributed by atoms with Gasteiger partial charge < -0.3 is 9.47 Å². The average Bonchev–Trinajstić information content (AvgIpc) is 3.89. The van der Waals surface area contributed by atoms with Crippen LogP contribution in [0.2, 0.25) is 0 Å². The van der Waals surface area contributed by atoms with E-state index < -0.39 is 0 Å². The van der Waals surface area contributed by atoms with Crippen molar-refractivity contribution in [3.05, 3.63) is 91.5 Å². The maximum atomic E-state index is 13.1. The molecule has 0 N–H and O–H groups in total. The van der Waals surface area contributed by atoms with Gasteiger partial charge in [-0.05, 0) is 120 Å². The molecule has 53 heavy (non-hydrogen) atoms. The van der Waals surface area contributed by atoms with Crippen molar-refractivity contribution < 1.29 is 19.1 Å². The molecule has 4 aromatic heterocycles. The topological polar surface area (TPSA) is 78.4 Å². The molecule has 6 aromatic rings. The number of thiophene rings is 3. The van der Waals surface area contributed by atoms with Gasteiger partial charge in [0.1, 0.15) is 11.0 Å². The van der Waals surface area contributed by atoms with Crippen molar-refractivity contribution in [3.8, 4) is 42.0 Å². The molecule has 0 bridgehead atoms. The molecule has 0 aliphatic heterocycles. The molecule has 4 heterocycles. The van der Waals surface area contributed by atoms with Gasteiger partial charge in [-0.3, -0.25) is 0 Å². The summed E-state index contributed by atoms with van der Waals surface area (Å²) in [5, 5.41) is 0. The third kappa shape index (κ3) is 9.72. The quantitative estimate of drug-likeness (QED) is 0.0711. The van der Waals surface area contributed by atoms with Crippen molar-refractivity contribution in [2.45, 2.75) is 91.3 Å². The monoisotopic (exact) mass is 892 g/mol. The van der Waals surface area contributed by atoms with E-state index in [1.807, 2.05) is 38.1 Å². The zero-order valence-corrected chi connectivity index (χ0v) is 35.9. The van der Waals surface area contributed by atoms with E-state index in [1.165, 1.54) is 0 Å². The van der Waals surface area contributed by atoms with Crippen molar-refractivity contribution >= 4 is 88.8 Å². The van der Waals surface area contributed by atoms with E-state index in [2.05, 4.69) is 70.0 Å². The summed E-state index contributed by atoms with van der Waals surface area (Å²) in [5.74, 6) is -0.667. The molecular weight excluding hydrogens is 852 g/mol. The first kappa shape index (κ1) is 39.5. The Morgan fingerprint density at radius 2 is 0.981 bits per heavy atom. The van der Waals surface area contributed by atoms with Gasteiger partial charge in [0.25, 0.3) is 0 Å². The maximum Gasteiger partial charge on any atom is 0.338 e. The van der Waals surface area contributed by atoms with Gasteiger partial charge in [0.2, 0.25) is 0 Å². The smallest absolute Gasteiger partial charge is 0.338 e. The molecule has 0 spiro atoms. The molecule has 0 saturated heterocycles. The first-order chi connectivity index (χ1) is 25.6. The third-order valence-corrected chi connectivity index (χ3v) is 13.7. The third-order valence-electron chi connectivity index (χ3n) is 8.96. The van der Waals surface area contributed by atoms with Crippen molar-refractivity contribution in [2.75, 3.05) is 0 Å². The van der Waals surface area contributed by atoms with Crippen molar-refractivity contribution in [2.24, 2.45) is 0 Å². The molecule has 0 aliphatic rings. The van der Waals surface area contributed by atoms with Crippen molar-refractivity contribution in [3.63, 3.8) is 0 Å². The number of ether oxygens (including phenoxy) is 2. The van der Waals surface area contributed by atoms with E-state index in [0.29, 0.717) is 22.5 Å². The number of carbonyl (C=O) groups is 2. The van der Waals surface area contributed by atoms with Crippen LogP contribution >= 0.6 is 65.9 Å². The van der Waals surface area contributed by atoms with Crippen LogP contribution in [0.15, 0.2) is 80.4 Å². The summed E-state index contributed by atoms with van der Waals surface area (Å²) in [6.45, 7) is 8.23. The zero-order valence-electron chi connectivity index (χ0n) is 30.2. The Kier molecular flexibility index (Phi) is 13.7. The van der Waals surface area contributed by atoms with Crippen LogP contribution < -0.4 is 0 Å². The molecule has 2 unspecified atom stereocenters. The number of benzene rings is 2. The molecule has 0 amide bonds. The second-order valence-electron chi connectivity index (χ2n) is 13.2. The van der Waals surface area contributed by atoms with E-state index in [-0.39, 0.29) is 24.1 Å². The van der Waals surface area contributed by atoms with Gasteiger partial charge in [-0.15, -0.1) is 34.0 Å². The molecular formula is C42H42Br2N2O4S3. The Morgan fingerprint density at radius 1 is 0.585 bits per heavy atom. The van der Waals surface area contributed by atoms with Crippen LogP contribution in [0.1, 0.15) is 99.8 Å². The van der Waals surface area contributed by atoms with Gasteiger partial charge in [0, 0.05) is 20.9 Å². The molecule has 0 aliphatic carbocycles. The number of hydrogen-bond acceptors (Lipinski definition) is 9. The predicted molar refractivity (Wildman–Crippen MR) is 228 cm³/mol. The van der Waals surface area contributed by atoms with Crippen molar-refractivity contribution in [1.29, 1.82) is 0 Å². The fraction of sp³-hybridized carbons (Fsp3) is 0.333. The zero-order chi connectivity index (χ0) is 37.5. The number of halogens is 2. The highest BCUT2D eigenvalue weighted by Gasteiger charge is 2.24. The van der Waals surface area contributed by atoms with E-state index in [0.717, 1.165) is 101 Å². The molecule has 6 nitrogen and oxygen atoms in total. The van der Waals surface area contributed by atoms with Gasteiger partial charge in [-0.1, -0.05) is 63.8 Å². The summed E-state index contributed by atoms with van der Waals surface area (Å²) in [7, 11) is 0. The second-order valence-corrected chi connectivity index (χ2v) is 19.1. The van der Waals surface area contributed by atoms with Crippen molar-refractivity contribution in [1.82, 2.24) is 9.97 Å². The molecule has 2 atom stereocenters. The average molecular weight is 895 g/mol. The van der Waals surface area contributed by atoms with Gasteiger partial charge in [-0.2, -0.15) is 0 Å². The minimum atomic E-state index is -0.334. The lowest BCUT2D eigenvalue weighted by molar-refractivity contribution is 0.0309. The Labute approximate surface area is 340 Å². The van der Waals surface area contributed by atoms with E-state index in [1.54, 1.807) is 58.3 Å². The lowest BCUT2D eigenvalue weighted by Crippen LogP contribution is -2.15. The van der Waals surface area contributed by atoms with E-state index in [9.17, 15) is 9.59 Å². The van der Waals surface area contributed by atoms with Crippen LogP contribution in [0.3, 0.4) is 0 Å². The summed E-state index contributed by atoms with van der Waals surface area (Å²) in [6.07, 6.45) is 7.96. The van der Waals surface area contributed by atoms with Crippen LogP contribution in [-0.2, 0) is 9.47 Å². The molecule has 11 heteroatoms. The number of carbonyl (C=O) groups excluding carboxylic acids is 2.